The molecule has 0 spiro atoms. The van der Waals surface area contributed by atoms with Crippen LogP contribution >= 0.6 is 0 Å². The number of nitrogens with zero attached hydrogens (tertiary/aromatic N) is 3. The molecule has 0 amide bonds. The summed E-state index contributed by atoms with van der Waals surface area (Å²) in [7, 11) is 1.61. The average Bonchev–Trinajstić information content (AvgIpc) is 2.92. The summed E-state index contributed by atoms with van der Waals surface area (Å²) in [4.78, 5) is 19.0. The summed E-state index contributed by atoms with van der Waals surface area (Å²) in [6.07, 6.45) is 3.44. The lowest BCUT2D eigenvalue weighted by molar-refractivity contribution is 0.151. The Morgan fingerprint density at radius 1 is 1.16 bits per heavy atom. The molecule has 0 saturated carbocycles. The van der Waals surface area contributed by atoms with E-state index in [-0.39, 0.29) is 17.2 Å². The van der Waals surface area contributed by atoms with Gasteiger partial charge in [-0.1, -0.05) is 0 Å². The molecule has 3 N–H and O–H groups in total. The van der Waals surface area contributed by atoms with E-state index in [1.165, 1.54) is 29.0 Å². The molecule has 2 aliphatic heterocycles. The van der Waals surface area contributed by atoms with Crippen molar-refractivity contribution in [2.24, 2.45) is 17.8 Å². The van der Waals surface area contributed by atoms with Crippen LogP contribution < -0.4 is 21.5 Å². The van der Waals surface area contributed by atoms with Gasteiger partial charge in [-0.05, 0) is 87.2 Å². The highest BCUT2D eigenvalue weighted by molar-refractivity contribution is 6.10. The number of allylic oxidation sites excluding steroid dienone is 1. The minimum absolute atomic E-state index is 0.134. The molecule has 200 valence electrons. The Balaban J connectivity index is 1.62. The first-order valence-corrected chi connectivity index (χ1v) is 13.0. The van der Waals surface area contributed by atoms with Gasteiger partial charge in [-0.15, -0.1) is 0 Å². The largest absolute Gasteiger partial charge is 0.404 e. The van der Waals surface area contributed by atoms with Gasteiger partial charge in [0.1, 0.15) is 5.82 Å². The third kappa shape index (κ3) is 4.82. The molecule has 1 fully saturated rings. The van der Waals surface area contributed by atoms with Crippen molar-refractivity contribution >= 4 is 34.1 Å². The Morgan fingerprint density at radius 2 is 1.92 bits per heavy atom. The SMILES string of the molecule is Cc1cc2c(N3CCCc4cc(/C(C=NC5CCNCC5)=C/N)c(C(F)F)cc43)cc(F)cc2n(C)c1=O. The summed E-state index contributed by atoms with van der Waals surface area (Å²) in [6.45, 7) is 4.00. The number of hydrogen-bond acceptors (Lipinski definition) is 5. The zero-order valence-electron chi connectivity index (χ0n) is 21.6. The van der Waals surface area contributed by atoms with Gasteiger partial charge in [-0.3, -0.25) is 9.79 Å². The lowest BCUT2D eigenvalue weighted by atomic mass is 9.91. The van der Waals surface area contributed by atoms with E-state index in [0.29, 0.717) is 51.9 Å². The predicted molar refractivity (Wildman–Crippen MR) is 147 cm³/mol. The third-order valence-electron chi connectivity index (χ3n) is 7.58. The van der Waals surface area contributed by atoms with Gasteiger partial charge in [-0.25, -0.2) is 13.2 Å². The number of alkyl halides is 2. The monoisotopic (exact) mass is 523 g/mol. The molecule has 1 saturated heterocycles. The van der Waals surface area contributed by atoms with E-state index < -0.39 is 12.2 Å². The van der Waals surface area contributed by atoms with Gasteiger partial charge >= 0.3 is 0 Å². The number of nitrogens with one attached hydrogen (secondary N) is 1. The number of pyridine rings is 1. The fraction of sp³-hybridized carbons (Fsp3) is 0.379. The number of piperidine rings is 1. The highest BCUT2D eigenvalue weighted by Crippen LogP contribution is 2.42. The number of halogens is 3. The van der Waals surface area contributed by atoms with E-state index in [2.05, 4.69) is 10.3 Å². The van der Waals surface area contributed by atoms with Crippen LogP contribution in [0, 0.1) is 12.7 Å². The summed E-state index contributed by atoms with van der Waals surface area (Å²) >= 11 is 0. The van der Waals surface area contributed by atoms with E-state index in [9.17, 15) is 18.0 Å². The predicted octanol–water partition coefficient (Wildman–Crippen LogP) is 5.13. The molecule has 2 aliphatic rings. The number of aromatic nitrogens is 1. The molecule has 5 rings (SSSR count). The fourth-order valence-corrected chi connectivity index (χ4v) is 5.56. The minimum Gasteiger partial charge on any atom is -0.404 e. The molecule has 3 aromatic rings. The molecule has 0 unspecified atom stereocenters. The molecule has 0 radical (unpaired) electrons. The van der Waals surface area contributed by atoms with Crippen LogP contribution in [0.5, 0.6) is 0 Å². The second-order valence-corrected chi connectivity index (χ2v) is 10.1. The number of nitrogens with two attached hydrogens (primary N) is 1. The maximum absolute atomic E-state index is 14.8. The Kier molecular flexibility index (Phi) is 7.29. The van der Waals surface area contributed by atoms with Crippen LogP contribution in [0.4, 0.5) is 24.5 Å². The molecule has 9 heteroatoms. The van der Waals surface area contributed by atoms with Crippen molar-refractivity contribution in [1.82, 2.24) is 9.88 Å². The van der Waals surface area contributed by atoms with Crippen molar-refractivity contribution in [2.45, 2.75) is 45.1 Å². The quantitative estimate of drug-likeness (QED) is 0.455. The van der Waals surface area contributed by atoms with Crippen molar-refractivity contribution in [2.75, 3.05) is 24.5 Å². The van der Waals surface area contributed by atoms with Gasteiger partial charge in [0, 0.05) is 53.8 Å². The maximum atomic E-state index is 14.8. The molecule has 6 nitrogen and oxygen atoms in total. The van der Waals surface area contributed by atoms with Crippen molar-refractivity contribution in [3.63, 3.8) is 0 Å². The number of benzene rings is 2. The van der Waals surface area contributed by atoms with E-state index in [1.54, 1.807) is 32.3 Å². The van der Waals surface area contributed by atoms with Crippen LogP contribution in [0.2, 0.25) is 0 Å². The van der Waals surface area contributed by atoms with Gasteiger partial charge in [-0.2, -0.15) is 0 Å². The van der Waals surface area contributed by atoms with E-state index >= 15 is 0 Å². The third-order valence-corrected chi connectivity index (χ3v) is 7.58. The molecular formula is C29H32F3N5O. The smallest absolute Gasteiger partial charge is 0.264 e. The van der Waals surface area contributed by atoms with Gasteiger partial charge in [0.25, 0.3) is 12.0 Å². The number of aryl methyl sites for hydroxylation is 3. The van der Waals surface area contributed by atoms with E-state index in [0.717, 1.165) is 37.9 Å². The molecule has 0 atom stereocenters. The topological polar surface area (TPSA) is 75.7 Å². The zero-order chi connectivity index (χ0) is 27.0. The van der Waals surface area contributed by atoms with Crippen LogP contribution in [0.1, 0.15) is 47.9 Å². The first kappa shape index (κ1) is 26.0. The normalized spacial score (nSPS) is 17.1. The first-order valence-electron chi connectivity index (χ1n) is 13.0. The van der Waals surface area contributed by atoms with Gasteiger partial charge in [0.2, 0.25) is 0 Å². The summed E-state index contributed by atoms with van der Waals surface area (Å²) in [5, 5.41) is 3.98. The molecule has 1 aromatic heterocycles. The van der Waals surface area contributed by atoms with Gasteiger partial charge in [0.05, 0.1) is 17.2 Å². The molecular weight excluding hydrogens is 491 g/mol. The van der Waals surface area contributed by atoms with Crippen LogP contribution in [0.25, 0.3) is 16.5 Å². The molecule has 0 bridgehead atoms. The van der Waals surface area contributed by atoms with Crippen LogP contribution in [-0.2, 0) is 13.5 Å². The molecule has 2 aromatic carbocycles. The van der Waals surface area contributed by atoms with Crippen LogP contribution in [-0.4, -0.2) is 36.5 Å². The molecule has 38 heavy (non-hydrogen) atoms. The molecule has 3 heterocycles. The maximum Gasteiger partial charge on any atom is 0.264 e. The lowest BCUT2D eigenvalue weighted by Gasteiger charge is -2.33. The number of anilines is 2. The summed E-state index contributed by atoms with van der Waals surface area (Å²) in [5.41, 5.74) is 9.41. The number of rotatable bonds is 5. The number of aliphatic imine (C=N–C) groups is 1. The van der Waals surface area contributed by atoms with Crippen molar-refractivity contribution in [1.29, 1.82) is 0 Å². The fourth-order valence-electron chi connectivity index (χ4n) is 5.56. The Bertz CT molecular complexity index is 1490. The second kappa shape index (κ2) is 10.6. The van der Waals surface area contributed by atoms with Gasteiger partial charge in [0.15, 0.2) is 0 Å². The minimum atomic E-state index is -2.74. The molecule has 0 aliphatic carbocycles. The zero-order valence-corrected chi connectivity index (χ0v) is 21.6. The van der Waals surface area contributed by atoms with Crippen molar-refractivity contribution < 1.29 is 13.2 Å². The van der Waals surface area contributed by atoms with Crippen molar-refractivity contribution in [3.05, 3.63) is 75.0 Å². The highest BCUT2D eigenvalue weighted by Gasteiger charge is 2.26. The van der Waals surface area contributed by atoms with E-state index in [1.807, 2.05) is 4.90 Å². The highest BCUT2D eigenvalue weighted by atomic mass is 19.3. The number of hydrogen-bond donors (Lipinski definition) is 2. The van der Waals surface area contributed by atoms with Crippen LogP contribution in [0.3, 0.4) is 0 Å². The summed E-state index contributed by atoms with van der Waals surface area (Å²) < 4.78 is 45.1. The van der Waals surface area contributed by atoms with Crippen LogP contribution in [0.15, 0.2) is 46.3 Å². The Labute approximate surface area is 219 Å². The lowest BCUT2D eigenvalue weighted by Crippen LogP contribution is -2.29. The number of fused-ring (bicyclic) bond motifs is 2. The van der Waals surface area contributed by atoms with Crippen molar-refractivity contribution in [3.8, 4) is 0 Å². The van der Waals surface area contributed by atoms with Gasteiger partial charge < -0.3 is 20.5 Å². The van der Waals surface area contributed by atoms with E-state index in [4.69, 9.17) is 5.73 Å². The first-order chi connectivity index (χ1) is 18.3. The summed E-state index contributed by atoms with van der Waals surface area (Å²) in [5.74, 6) is -0.494. The summed E-state index contributed by atoms with van der Waals surface area (Å²) in [6, 6.07) is 7.90. The standard InChI is InChI=1S/C29H32F3N5O/c1-17-10-24-26(36(2)29(17)38)12-20(30)13-27(24)37-9-3-4-18-11-22(23(28(31)32)14-25(18)37)19(15-33)16-35-21-5-7-34-8-6-21/h10-16,21,28,34H,3-9,33H2,1-2H3/b19-15+,35-16?. The average molecular weight is 524 g/mol. The second-order valence-electron chi connectivity index (χ2n) is 10.1. The Morgan fingerprint density at radius 3 is 2.63 bits per heavy atom. The Hall–Kier alpha value is -3.59.